The van der Waals surface area contributed by atoms with Gasteiger partial charge in [-0.3, -0.25) is 9.89 Å². The molecular weight excluding hydrogens is 320 g/mol. The van der Waals surface area contributed by atoms with E-state index in [2.05, 4.69) is 15.0 Å². The van der Waals surface area contributed by atoms with Crippen molar-refractivity contribution in [3.8, 4) is 0 Å². The number of amidine groups is 1. The Kier molecular flexibility index (Phi) is 6.03. The number of ether oxygens (including phenoxy) is 1. The van der Waals surface area contributed by atoms with Crippen LogP contribution in [0.1, 0.15) is 34.6 Å². The van der Waals surface area contributed by atoms with Crippen LogP contribution in [0.15, 0.2) is 4.99 Å². The van der Waals surface area contributed by atoms with Crippen molar-refractivity contribution in [1.29, 1.82) is 0 Å². The van der Waals surface area contributed by atoms with E-state index in [9.17, 15) is 13.2 Å². The molecule has 0 aromatic carbocycles. The van der Waals surface area contributed by atoms with Crippen molar-refractivity contribution in [1.82, 2.24) is 14.9 Å². The van der Waals surface area contributed by atoms with Crippen LogP contribution in [0.5, 0.6) is 0 Å². The molecule has 0 radical (unpaired) electrons. The van der Waals surface area contributed by atoms with Crippen molar-refractivity contribution >= 4 is 22.0 Å². The predicted octanol–water partition coefficient (Wildman–Crippen LogP) is 0.553. The van der Waals surface area contributed by atoms with Crippen LogP contribution in [0.2, 0.25) is 0 Å². The first-order valence-electron chi connectivity index (χ1n) is 7.51. The Labute approximate surface area is 138 Å². The summed E-state index contributed by atoms with van der Waals surface area (Å²) in [7, 11) is -3.29. The highest BCUT2D eigenvalue weighted by atomic mass is 32.2. The molecule has 1 aliphatic heterocycles. The van der Waals surface area contributed by atoms with Crippen molar-refractivity contribution in [2.24, 2.45) is 4.99 Å². The lowest BCUT2D eigenvalue weighted by Crippen LogP contribution is -2.54. The third kappa shape index (κ3) is 8.17. The normalized spacial score (nSPS) is 16.8. The summed E-state index contributed by atoms with van der Waals surface area (Å²) in [5.74, 6) is 0.644. The van der Waals surface area contributed by atoms with Crippen LogP contribution >= 0.6 is 0 Å². The molecule has 0 aliphatic carbocycles. The van der Waals surface area contributed by atoms with Gasteiger partial charge in [-0.25, -0.2) is 17.9 Å². The maximum atomic E-state index is 12.1. The van der Waals surface area contributed by atoms with E-state index in [0.717, 1.165) is 6.26 Å². The van der Waals surface area contributed by atoms with E-state index in [1.54, 1.807) is 18.7 Å². The fourth-order valence-electron chi connectivity index (χ4n) is 2.07. The molecule has 1 rings (SSSR count). The molecule has 1 amide bonds. The van der Waals surface area contributed by atoms with E-state index in [4.69, 9.17) is 4.74 Å². The van der Waals surface area contributed by atoms with Gasteiger partial charge in [0.2, 0.25) is 10.0 Å². The Morgan fingerprint density at radius 2 is 1.91 bits per heavy atom. The van der Waals surface area contributed by atoms with Gasteiger partial charge < -0.3 is 10.1 Å². The first kappa shape index (κ1) is 19.7. The third-order valence-corrected chi connectivity index (χ3v) is 3.78. The van der Waals surface area contributed by atoms with Crippen LogP contribution < -0.4 is 10.0 Å². The number of nitrogens with zero attached hydrogens (tertiary/aromatic N) is 2. The molecule has 9 heteroatoms. The van der Waals surface area contributed by atoms with Crippen LogP contribution in [-0.4, -0.2) is 68.8 Å². The lowest BCUT2D eigenvalue weighted by molar-refractivity contribution is 0.0276. The monoisotopic (exact) mass is 348 g/mol. The molecule has 1 heterocycles. The zero-order chi connectivity index (χ0) is 17.9. The van der Waals surface area contributed by atoms with Gasteiger partial charge >= 0.3 is 6.09 Å². The van der Waals surface area contributed by atoms with E-state index in [1.165, 1.54) is 0 Å². The summed E-state index contributed by atoms with van der Waals surface area (Å²) in [4.78, 5) is 18.0. The lowest BCUT2D eigenvalue weighted by Gasteiger charge is -2.31. The highest BCUT2D eigenvalue weighted by molar-refractivity contribution is 7.88. The molecule has 0 fully saturated rings. The summed E-state index contributed by atoms with van der Waals surface area (Å²) in [5, 5.41) is 3.11. The van der Waals surface area contributed by atoms with E-state index in [0.29, 0.717) is 32.0 Å². The highest BCUT2D eigenvalue weighted by Crippen LogP contribution is 2.11. The molecule has 2 N–H and O–H groups in total. The molecular formula is C14H28N4O4S. The second-order valence-electron chi connectivity index (χ2n) is 7.34. The Balaban J connectivity index is 2.56. The van der Waals surface area contributed by atoms with Crippen molar-refractivity contribution in [3.63, 3.8) is 0 Å². The molecule has 0 spiro atoms. The Bertz CT molecular complexity index is 564. The van der Waals surface area contributed by atoms with Gasteiger partial charge in [0.05, 0.1) is 19.3 Å². The Morgan fingerprint density at radius 1 is 1.30 bits per heavy atom. The zero-order valence-electron chi connectivity index (χ0n) is 14.8. The summed E-state index contributed by atoms with van der Waals surface area (Å²) in [6.45, 7) is 10.7. The molecule has 8 nitrogen and oxygen atoms in total. The molecule has 0 unspecified atom stereocenters. The van der Waals surface area contributed by atoms with E-state index >= 15 is 0 Å². The summed E-state index contributed by atoms with van der Waals surface area (Å²) >= 11 is 0. The first-order chi connectivity index (χ1) is 10.3. The van der Waals surface area contributed by atoms with Crippen molar-refractivity contribution in [2.75, 3.05) is 32.4 Å². The summed E-state index contributed by atoms with van der Waals surface area (Å²) in [6.07, 6.45) is 0.747. The smallest absolute Gasteiger partial charge is 0.410 e. The van der Waals surface area contributed by atoms with Gasteiger partial charge in [0, 0.05) is 18.6 Å². The van der Waals surface area contributed by atoms with Crippen LogP contribution in [0.3, 0.4) is 0 Å². The number of nitrogens with one attached hydrogen (secondary N) is 2. The van der Waals surface area contributed by atoms with Gasteiger partial charge in [-0.15, -0.1) is 0 Å². The minimum atomic E-state index is -3.29. The second-order valence-corrected chi connectivity index (χ2v) is 9.09. The topological polar surface area (TPSA) is 100 Å². The van der Waals surface area contributed by atoms with E-state index in [1.807, 2.05) is 20.8 Å². The molecule has 134 valence electrons. The largest absolute Gasteiger partial charge is 0.444 e. The zero-order valence-corrected chi connectivity index (χ0v) is 15.6. The average Bonchev–Trinajstić information content (AvgIpc) is 2.32. The quantitative estimate of drug-likeness (QED) is 0.773. The number of carbonyl (C=O) groups excluding carboxylic acids is 1. The third-order valence-electron chi connectivity index (χ3n) is 2.86. The van der Waals surface area contributed by atoms with Crippen LogP contribution in [0.4, 0.5) is 4.79 Å². The van der Waals surface area contributed by atoms with E-state index in [-0.39, 0.29) is 6.09 Å². The Hall–Kier alpha value is -1.35. The fraction of sp³-hybridized carbons (Fsp3) is 0.857. The standard InChI is InChI=1S/C14H28N4O4S/c1-13(2,3)22-12(19)18-8-7-15-11(9-18)16-10-14(4,5)17-23(6,20)21/h17H,7-10H2,1-6H3,(H,15,16). The Morgan fingerprint density at radius 3 is 2.43 bits per heavy atom. The molecule has 0 saturated heterocycles. The predicted molar refractivity (Wildman–Crippen MR) is 90.2 cm³/mol. The number of aliphatic imine (C=N–C) groups is 1. The van der Waals surface area contributed by atoms with Gasteiger partial charge in [0.15, 0.2) is 0 Å². The van der Waals surface area contributed by atoms with Crippen LogP contribution in [-0.2, 0) is 14.8 Å². The first-order valence-corrected chi connectivity index (χ1v) is 9.41. The molecule has 0 aromatic rings. The summed E-state index contributed by atoms with van der Waals surface area (Å²) < 4.78 is 30.6. The number of hydrogen-bond acceptors (Lipinski definition) is 6. The SMILES string of the molecule is CC(C)(CNC1=NCCN(C(=O)OC(C)(C)C)C1)NS(C)(=O)=O. The minimum absolute atomic E-state index is 0.323. The molecule has 1 aliphatic rings. The maximum absolute atomic E-state index is 12.1. The molecule has 0 saturated carbocycles. The van der Waals surface area contributed by atoms with Gasteiger partial charge in [0.25, 0.3) is 0 Å². The van der Waals surface area contributed by atoms with Crippen LogP contribution in [0, 0.1) is 0 Å². The highest BCUT2D eigenvalue weighted by Gasteiger charge is 2.27. The molecule has 0 bridgehead atoms. The van der Waals surface area contributed by atoms with Crippen molar-refractivity contribution in [3.05, 3.63) is 0 Å². The van der Waals surface area contributed by atoms with Gasteiger partial charge in [0.1, 0.15) is 11.4 Å². The van der Waals surface area contributed by atoms with Gasteiger partial charge in [-0.2, -0.15) is 0 Å². The number of hydrogen-bond donors (Lipinski definition) is 2. The number of carbonyl (C=O) groups is 1. The average molecular weight is 348 g/mol. The maximum Gasteiger partial charge on any atom is 0.410 e. The summed E-state index contributed by atoms with van der Waals surface area (Å²) in [6, 6.07) is 0. The molecule has 0 atom stereocenters. The van der Waals surface area contributed by atoms with Gasteiger partial charge in [-0.05, 0) is 34.6 Å². The fourth-order valence-corrected chi connectivity index (χ4v) is 3.15. The number of rotatable bonds is 4. The lowest BCUT2D eigenvalue weighted by atomic mass is 10.1. The van der Waals surface area contributed by atoms with Gasteiger partial charge in [-0.1, -0.05) is 0 Å². The van der Waals surface area contributed by atoms with Crippen molar-refractivity contribution in [2.45, 2.75) is 45.8 Å². The summed E-state index contributed by atoms with van der Waals surface area (Å²) in [5.41, 5.74) is -1.20. The van der Waals surface area contributed by atoms with Crippen molar-refractivity contribution < 1.29 is 17.9 Å². The minimum Gasteiger partial charge on any atom is -0.444 e. The second kappa shape index (κ2) is 7.04. The molecule has 0 aromatic heterocycles. The van der Waals surface area contributed by atoms with Crippen LogP contribution in [0.25, 0.3) is 0 Å². The van der Waals surface area contributed by atoms with E-state index < -0.39 is 21.2 Å². The number of amides is 1. The number of sulfonamides is 1. The molecule has 23 heavy (non-hydrogen) atoms.